The van der Waals surface area contributed by atoms with Crippen LogP contribution < -0.4 is 10.5 Å². The maximum atomic E-state index is 5.74. The molecule has 0 bridgehead atoms. The lowest BCUT2D eigenvalue weighted by atomic mass is 10.1. The Labute approximate surface area is 108 Å². The topological polar surface area (TPSA) is 48.1 Å². The number of aromatic nitrogens is 1. The van der Waals surface area contributed by atoms with Crippen molar-refractivity contribution in [1.29, 1.82) is 0 Å². The second-order valence-corrected chi connectivity index (χ2v) is 4.18. The van der Waals surface area contributed by atoms with Crippen molar-refractivity contribution < 1.29 is 4.74 Å². The molecule has 0 amide bonds. The predicted octanol–water partition coefficient (Wildman–Crippen LogP) is 2.91. The third kappa shape index (κ3) is 2.68. The first kappa shape index (κ1) is 12.6. The van der Waals surface area contributed by atoms with Crippen LogP contribution in [0.15, 0.2) is 36.5 Å². The van der Waals surface area contributed by atoms with Crippen molar-refractivity contribution in [1.82, 2.24) is 4.98 Å². The Kier molecular flexibility index (Phi) is 3.95. The highest BCUT2D eigenvalue weighted by molar-refractivity contribution is 5.61. The first-order valence-electron chi connectivity index (χ1n) is 6.13. The normalized spacial score (nSPS) is 10.4. The van der Waals surface area contributed by atoms with Crippen LogP contribution in [0.3, 0.4) is 0 Å². The zero-order valence-corrected chi connectivity index (χ0v) is 10.8. The summed E-state index contributed by atoms with van der Waals surface area (Å²) in [7, 11) is 0. The second kappa shape index (κ2) is 5.65. The number of hydrogen-bond donors (Lipinski definition) is 1. The summed E-state index contributed by atoms with van der Waals surface area (Å²) in [5.41, 5.74) is 10.00. The van der Waals surface area contributed by atoms with Crippen LogP contribution in [0, 0.1) is 6.92 Å². The molecule has 1 aromatic carbocycles. The largest absolute Gasteiger partial charge is 0.492 e. The molecule has 18 heavy (non-hydrogen) atoms. The summed E-state index contributed by atoms with van der Waals surface area (Å²) in [6, 6.07) is 10.3. The molecule has 3 heteroatoms. The van der Waals surface area contributed by atoms with Crippen molar-refractivity contribution in [3.8, 4) is 17.0 Å². The number of hydrogen-bond acceptors (Lipinski definition) is 3. The van der Waals surface area contributed by atoms with Crippen LogP contribution in [0.2, 0.25) is 0 Å². The fourth-order valence-electron chi connectivity index (χ4n) is 1.81. The third-order valence-electron chi connectivity index (χ3n) is 2.82. The van der Waals surface area contributed by atoms with Gasteiger partial charge in [0, 0.05) is 17.7 Å². The summed E-state index contributed by atoms with van der Waals surface area (Å²) < 4.78 is 5.50. The maximum Gasteiger partial charge on any atom is 0.142 e. The maximum absolute atomic E-state index is 5.74. The quantitative estimate of drug-likeness (QED) is 0.896. The SMILES string of the molecule is CCOc1cnc(-c2ccc(C)cc2)cc1CN. The van der Waals surface area contributed by atoms with Gasteiger partial charge >= 0.3 is 0 Å². The van der Waals surface area contributed by atoms with Crippen LogP contribution in [0.1, 0.15) is 18.1 Å². The molecule has 0 aliphatic carbocycles. The molecule has 94 valence electrons. The van der Waals surface area contributed by atoms with Gasteiger partial charge < -0.3 is 10.5 Å². The number of rotatable bonds is 4. The Morgan fingerprint density at radius 1 is 1.22 bits per heavy atom. The molecular formula is C15H18N2O. The second-order valence-electron chi connectivity index (χ2n) is 4.18. The van der Waals surface area contributed by atoms with E-state index in [-0.39, 0.29) is 0 Å². The Morgan fingerprint density at radius 3 is 2.56 bits per heavy atom. The smallest absolute Gasteiger partial charge is 0.142 e. The highest BCUT2D eigenvalue weighted by Gasteiger charge is 2.06. The van der Waals surface area contributed by atoms with E-state index in [1.807, 2.05) is 13.0 Å². The van der Waals surface area contributed by atoms with E-state index in [1.165, 1.54) is 5.56 Å². The number of pyridine rings is 1. The van der Waals surface area contributed by atoms with E-state index in [0.29, 0.717) is 13.2 Å². The molecule has 2 rings (SSSR count). The Bertz CT molecular complexity index is 521. The molecule has 0 aliphatic heterocycles. The number of nitrogens with two attached hydrogens (primary N) is 1. The molecular weight excluding hydrogens is 224 g/mol. The summed E-state index contributed by atoms with van der Waals surface area (Å²) in [6.45, 7) is 5.10. The minimum absolute atomic E-state index is 0.455. The average molecular weight is 242 g/mol. The minimum atomic E-state index is 0.455. The van der Waals surface area contributed by atoms with Gasteiger partial charge in [0.15, 0.2) is 0 Å². The lowest BCUT2D eigenvalue weighted by molar-refractivity contribution is 0.335. The van der Waals surface area contributed by atoms with Crippen molar-refractivity contribution in [2.45, 2.75) is 20.4 Å². The lowest BCUT2D eigenvalue weighted by Gasteiger charge is -2.10. The first-order chi connectivity index (χ1) is 8.74. The van der Waals surface area contributed by atoms with Gasteiger partial charge in [0.1, 0.15) is 5.75 Å². The van der Waals surface area contributed by atoms with Gasteiger partial charge in [0.2, 0.25) is 0 Å². The predicted molar refractivity (Wildman–Crippen MR) is 73.5 cm³/mol. The zero-order valence-electron chi connectivity index (χ0n) is 10.8. The lowest BCUT2D eigenvalue weighted by Crippen LogP contribution is -2.03. The summed E-state index contributed by atoms with van der Waals surface area (Å²) in [5, 5.41) is 0. The van der Waals surface area contributed by atoms with Crippen LogP contribution in [0.25, 0.3) is 11.3 Å². The van der Waals surface area contributed by atoms with E-state index < -0.39 is 0 Å². The van der Waals surface area contributed by atoms with E-state index in [9.17, 15) is 0 Å². The molecule has 0 aliphatic rings. The Hall–Kier alpha value is -1.87. The fourth-order valence-corrected chi connectivity index (χ4v) is 1.81. The van der Waals surface area contributed by atoms with Gasteiger partial charge in [-0.05, 0) is 19.9 Å². The van der Waals surface area contributed by atoms with E-state index >= 15 is 0 Å². The highest BCUT2D eigenvalue weighted by Crippen LogP contribution is 2.24. The van der Waals surface area contributed by atoms with Crippen LogP contribution >= 0.6 is 0 Å². The summed E-state index contributed by atoms with van der Waals surface area (Å²) in [4.78, 5) is 4.43. The molecule has 1 aromatic heterocycles. The van der Waals surface area contributed by atoms with Crippen molar-refractivity contribution in [2.24, 2.45) is 5.73 Å². The number of nitrogens with zero attached hydrogens (tertiary/aromatic N) is 1. The van der Waals surface area contributed by atoms with E-state index in [1.54, 1.807) is 6.20 Å². The summed E-state index contributed by atoms with van der Waals surface area (Å²) >= 11 is 0. The molecule has 0 saturated carbocycles. The molecule has 3 nitrogen and oxygen atoms in total. The van der Waals surface area contributed by atoms with Crippen molar-refractivity contribution in [3.05, 3.63) is 47.7 Å². The van der Waals surface area contributed by atoms with E-state index in [0.717, 1.165) is 22.6 Å². The van der Waals surface area contributed by atoms with Gasteiger partial charge in [-0.1, -0.05) is 29.8 Å². The molecule has 2 aromatic rings. The van der Waals surface area contributed by atoms with Crippen molar-refractivity contribution in [3.63, 3.8) is 0 Å². The molecule has 0 radical (unpaired) electrons. The van der Waals surface area contributed by atoms with E-state index in [4.69, 9.17) is 10.5 Å². The van der Waals surface area contributed by atoms with Crippen LogP contribution in [-0.2, 0) is 6.54 Å². The number of ether oxygens (including phenoxy) is 1. The van der Waals surface area contributed by atoms with Gasteiger partial charge in [0.05, 0.1) is 18.5 Å². The third-order valence-corrected chi connectivity index (χ3v) is 2.82. The highest BCUT2D eigenvalue weighted by atomic mass is 16.5. The minimum Gasteiger partial charge on any atom is -0.492 e. The Morgan fingerprint density at radius 2 is 1.94 bits per heavy atom. The number of benzene rings is 1. The van der Waals surface area contributed by atoms with Crippen molar-refractivity contribution in [2.75, 3.05) is 6.61 Å². The zero-order chi connectivity index (χ0) is 13.0. The molecule has 0 spiro atoms. The molecule has 0 saturated heterocycles. The summed E-state index contributed by atoms with van der Waals surface area (Å²) in [5.74, 6) is 0.774. The summed E-state index contributed by atoms with van der Waals surface area (Å²) in [6.07, 6.45) is 1.75. The fraction of sp³-hybridized carbons (Fsp3) is 0.267. The standard InChI is InChI=1S/C15H18N2O/c1-3-18-15-10-17-14(8-13(15)9-16)12-6-4-11(2)5-7-12/h4-8,10H,3,9,16H2,1-2H3. The van der Waals surface area contributed by atoms with Crippen LogP contribution in [-0.4, -0.2) is 11.6 Å². The first-order valence-corrected chi connectivity index (χ1v) is 6.13. The van der Waals surface area contributed by atoms with Crippen LogP contribution in [0.4, 0.5) is 0 Å². The van der Waals surface area contributed by atoms with Gasteiger partial charge in [0.25, 0.3) is 0 Å². The van der Waals surface area contributed by atoms with Gasteiger partial charge in [-0.2, -0.15) is 0 Å². The van der Waals surface area contributed by atoms with Gasteiger partial charge in [-0.25, -0.2) is 0 Å². The molecule has 1 heterocycles. The molecule has 0 atom stereocenters. The molecule has 0 unspecified atom stereocenters. The van der Waals surface area contributed by atoms with Crippen LogP contribution in [0.5, 0.6) is 5.75 Å². The van der Waals surface area contributed by atoms with Gasteiger partial charge in [-0.3, -0.25) is 4.98 Å². The molecule has 2 N–H and O–H groups in total. The monoisotopic (exact) mass is 242 g/mol. The molecule has 0 fully saturated rings. The van der Waals surface area contributed by atoms with Gasteiger partial charge in [-0.15, -0.1) is 0 Å². The van der Waals surface area contributed by atoms with E-state index in [2.05, 4.69) is 36.2 Å². The average Bonchev–Trinajstić information content (AvgIpc) is 2.40. The number of aryl methyl sites for hydroxylation is 1. The van der Waals surface area contributed by atoms with Crippen molar-refractivity contribution >= 4 is 0 Å². The Balaban J connectivity index is 2.37.